The van der Waals surface area contributed by atoms with Gasteiger partial charge in [-0.3, -0.25) is 4.79 Å². The third-order valence-electron chi connectivity index (χ3n) is 8.73. The van der Waals surface area contributed by atoms with Gasteiger partial charge in [-0.15, -0.1) is 0 Å². The Hall–Kier alpha value is -1.34. The van der Waals surface area contributed by atoms with Crippen molar-refractivity contribution in [1.29, 1.82) is 5.26 Å². The molecule has 0 saturated heterocycles. The first kappa shape index (κ1) is 18.0. The third kappa shape index (κ3) is 2.32. The van der Waals surface area contributed by atoms with Crippen molar-refractivity contribution in [2.24, 2.45) is 28.6 Å². The molecule has 0 radical (unpaired) electrons. The van der Waals surface area contributed by atoms with Crippen LogP contribution < -0.4 is 0 Å². The standard InChI is InChI=1S/C22H31NO3/c1-14(24)26-16-6-9-20(2)15(12-16)4-5-17-18(20)7-10-21(3)19(17)8-11-22(21,25)13-23/h4,16-19,25H,5-12H2,1-3H3/t16-,17+,18+,19+,20+,21+,22-/m1/s1. The van der Waals surface area contributed by atoms with Crippen LogP contribution >= 0.6 is 0 Å². The van der Waals surface area contributed by atoms with Crippen LogP contribution in [0.25, 0.3) is 0 Å². The molecule has 3 fully saturated rings. The van der Waals surface area contributed by atoms with E-state index in [9.17, 15) is 15.2 Å². The van der Waals surface area contributed by atoms with Crippen LogP contribution in [-0.4, -0.2) is 22.8 Å². The van der Waals surface area contributed by atoms with Gasteiger partial charge in [-0.05, 0) is 68.1 Å². The van der Waals surface area contributed by atoms with Crippen LogP contribution in [0, 0.1) is 39.9 Å². The predicted octanol–water partition coefficient (Wildman–Crippen LogP) is 4.14. The zero-order chi connectivity index (χ0) is 18.7. The van der Waals surface area contributed by atoms with Gasteiger partial charge in [-0.25, -0.2) is 0 Å². The fraction of sp³-hybridized carbons (Fsp3) is 0.818. The Morgan fingerprint density at radius 1 is 1.23 bits per heavy atom. The Kier molecular flexibility index (Phi) is 4.04. The van der Waals surface area contributed by atoms with Crippen LogP contribution in [0.15, 0.2) is 11.6 Å². The molecule has 7 atom stereocenters. The molecule has 0 spiro atoms. The molecule has 26 heavy (non-hydrogen) atoms. The average Bonchev–Trinajstić information content (AvgIpc) is 2.87. The first-order chi connectivity index (χ1) is 12.2. The lowest BCUT2D eigenvalue weighted by Gasteiger charge is -2.58. The summed E-state index contributed by atoms with van der Waals surface area (Å²) in [7, 11) is 0. The van der Waals surface area contributed by atoms with Crippen LogP contribution in [0.1, 0.15) is 72.1 Å². The number of hydrogen-bond donors (Lipinski definition) is 1. The highest BCUT2D eigenvalue weighted by atomic mass is 16.5. The number of ether oxygens (including phenoxy) is 1. The van der Waals surface area contributed by atoms with Crippen molar-refractivity contribution in [2.45, 2.75) is 83.8 Å². The molecule has 4 aliphatic rings. The molecule has 0 unspecified atom stereocenters. The molecular formula is C22H31NO3. The summed E-state index contributed by atoms with van der Waals surface area (Å²) in [6, 6.07) is 2.26. The van der Waals surface area contributed by atoms with Gasteiger partial charge in [0.15, 0.2) is 5.60 Å². The van der Waals surface area contributed by atoms with Gasteiger partial charge in [-0.2, -0.15) is 5.26 Å². The molecular weight excluding hydrogens is 326 g/mol. The molecule has 0 aliphatic heterocycles. The van der Waals surface area contributed by atoms with Crippen LogP contribution in [-0.2, 0) is 9.53 Å². The van der Waals surface area contributed by atoms with Crippen molar-refractivity contribution < 1.29 is 14.6 Å². The highest BCUT2D eigenvalue weighted by molar-refractivity contribution is 5.66. The number of allylic oxidation sites excluding steroid dienone is 1. The van der Waals surface area contributed by atoms with E-state index in [1.54, 1.807) is 0 Å². The van der Waals surface area contributed by atoms with E-state index < -0.39 is 5.60 Å². The van der Waals surface area contributed by atoms with Gasteiger partial charge in [0.05, 0.1) is 6.07 Å². The lowest BCUT2D eigenvalue weighted by Crippen LogP contribution is -2.54. The summed E-state index contributed by atoms with van der Waals surface area (Å²) < 4.78 is 5.50. The smallest absolute Gasteiger partial charge is 0.302 e. The number of hydrogen-bond acceptors (Lipinski definition) is 4. The number of nitriles is 1. The minimum Gasteiger partial charge on any atom is -0.462 e. The van der Waals surface area contributed by atoms with E-state index in [0.29, 0.717) is 24.2 Å². The highest BCUT2D eigenvalue weighted by Gasteiger charge is 2.64. The van der Waals surface area contributed by atoms with Crippen molar-refractivity contribution in [3.8, 4) is 6.07 Å². The van der Waals surface area contributed by atoms with E-state index in [1.807, 2.05) is 0 Å². The number of rotatable bonds is 1. The number of esters is 1. The zero-order valence-corrected chi connectivity index (χ0v) is 16.3. The maximum absolute atomic E-state index is 11.3. The van der Waals surface area contributed by atoms with Crippen molar-refractivity contribution in [2.75, 3.05) is 0 Å². The summed E-state index contributed by atoms with van der Waals surface area (Å²) in [5.41, 5.74) is 0.252. The molecule has 142 valence electrons. The van der Waals surface area contributed by atoms with E-state index in [-0.39, 0.29) is 22.9 Å². The summed E-state index contributed by atoms with van der Waals surface area (Å²) in [5, 5.41) is 20.5. The monoisotopic (exact) mass is 357 g/mol. The third-order valence-corrected chi connectivity index (χ3v) is 8.73. The van der Waals surface area contributed by atoms with Gasteiger partial charge in [0.2, 0.25) is 0 Å². The Balaban J connectivity index is 1.61. The summed E-state index contributed by atoms with van der Waals surface area (Å²) >= 11 is 0. The topological polar surface area (TPSA) is 70.3 Å². The first-order valence-electron chi connectivity index (χ1n) is 10.2. The second-order valence-corrected chi connectivity index (χ2v) is 9.70. The SMILES string of the molecule is CC(=O)O[C@@H]1CC[C@@]2(C)C(=CC[C@H]3[C@@H]2CC[C@@]2(C)[C@H]3CC[C@@]2(O)C#N)C1. The molecule has 4 rings (SSSR count). The van der Waals surface area contributed by atoms with E-state index in [0.717, 1.165) is 44.9 Å². The van der Waals surface area contributed by atoms with E-state index >= 15 is 0 Å². The molecule has 0 aromatic heterocycles. The van der Waals surface area contributed by atoms with Crippen LogP contribution in [0.3, 0.4) is 0 Å². The van der Waals surface area contributed by atoms with E-state index in [4.69, 9.17) is 4.74 Å². The summed E-state index contributed by atoms with van der Waals surface area (Å²) in [5.74, 6) is 1.45. The lowest BCUT2D eigenvalue weighted by molar-refractivity contribution is -0.149. The molecule has 1 N–H and O–H groups in total. The summed E-state index contributed by atoms with van der Waals surface area (Å²) in [6.07, 6.45) is 10.0. The Morgan fingerprint density at radius 3 is 2.65 bits per heavy atom. The Bertz CT molecular complexity index is 694. The van der Waals surface area contributed by atoms with Crippen LogP contribution in [0.5, 0.6) is 0 Å². The quantitative estimate of drug-likeness (QED) is 0.435. The van der Waals surface area contributed by atoms with Crippen LogP contribution in [0.4, 0.5) is 0 Å². The molecule has 4 heteroatoms. The number of aliphatic hydroxyl groups is 1. The van der Waals surface area contributed by atoms with Crippen LogP contribution in [0.2, 0.25) is 0 Å². The second kappa shape index (κ2) is 5.83. The van der Waals surface area contributed by atoms with Gasteiger partial charge < -0.3 is 9.84 Å². The summed E-state index contributed by atoms with van der Waals surface area (Å²) in [6.45, 7) is 6.06. The number of carbonyl (C=O) groups is 1. The largest absolute Gasteiger partial charge is 0.462 e. The van der Waals surface area contributed by atoms with E-state index in [2.05, 4.69) is 26.0 Å². The van der Waals surface area contributed by atoms with Gasteiger partial charge in [0.1, 0.15) is 6.10 Å². The number of fused-ring (bicyclic) bond motifs is 5. The normalized spacial score (nSPS) is 49.9. The molecule has 0 heterocycles. The maximum atomic E-state index is 11.3. The Morgan fingerprint density at radius 2 is 1.96 bits per heavy atom. The molecule has 0 amide bonds. The molecule has 4 aliphatic carbocycles. The van der Waals surface area contributed by atoms with Crippen molar-refractivity contribution in [3.63, 3.8) is 0 Å². The van der Waals surface area contributed by atoms with E-state index in [1.165, 1.54) is 12.5 Å². The van der Waals surface area contributed by atoms with Gasteiger partial charge in [-0.1, -0.05) is 25.5 Å². The molecule has 4 nitrogen and oxygen atoms in total. The molecule has 0 aromatic rings. The predicted molar refractivity (Wildman–Crippen MR) is 97.8 cm³/mol. The van der Waals surface area contributed by atoms with Gasteiger partial charge >= 0.3 is 5.97 Å². The zero-order valence-electron chi connectivity index (χ0n) is 16.3. The lowest BCUT2D eigenvalue weighted by atomic mass is 9.47. The minimum absolute atomic E-state index is 0.0346. The fourth-order valence-corrected chi connectivity index (χ4v) is 7.16. The number of carbonyl (C=O) groups excluding carboxylic acids is 1. The molecule has 3 saturated carbocycles. The molecule has 0 aromatic carbocycles. The highest BCUT2D eigenvalue weighted by Crippen LogP contribution is 2.67. The molecule has 0 bridgehead atoms. The second-order valence-electron chi connectivity index (χ2n) is 9.70. The van der Waals surface area contributed by atoms with Crippen molar-refractivity contribution in [3.05, 3.63) is 11.6 Å². The van der Waals surface area contributed by atoms with Gasteiger partial charge in [0, 0.05) is 18.8 Å². The first-order valence-corrected chi connectivity index (χ1v) is 10.2. The maximum Gasteiger partial charge on any atom is 0.302 e. The fourth-order valence-electron chi connectivity index (χ4n) is 7.16. The van der Waals surface area contributed by atoms with Gasteiger partial charge in [0.25, 0.3) is 0 Å². The average molecular weight is 357 g/mol. The summed E-state index contributed by atoms with van der Waals surface area (Å²) in [4.78, 5) is 11.3. The van der Waals surface area contributed by atoms with Crippen molar-refractivity contribution in [1.82, 2.24) is 0 Å². The number of nitrogens with zero attached hydrogens (tertiary/aromatic N) is 1. The van der Waals surface area contributed by atoms with Crippen molar-refractivity contribution >= 4 is 5.97 Å². The Labute approximate surface area is 156 Å². The minimum atomic E-state index is -1.15.